The molecule has 0 aromatic carbocycles. The lowest BCUT2D eigenvalue weighted by Gasteiger charge is -2.03. The van der Waals surface area contributed by atoms with E-state index in [0.717, 1.165) is 19.6 Å². The molecule has 0 saturated heterocycles. The zero-order valence-corrected chi connectivity index (χ0v) is 6.65. The van der Waals surface area contributed by atoms with Crippen molar-refractivity contribution in [1.82, 2.24) is 15.5 Å². The van der Waals surface area contributed by atoms with Crippen LogP contribution in [0.3, 0.4) is 0 Å². The van der Waals surface area contributed by atoms with Crippen molar-refractivity contribution in [3.05, 3.63) is 11.9 Å². The van der Waals surface area contributed by atoms with Crippen LogP contribution in [-0.4, -0.2) is 32.2 Å². The molecule has 3 nitrogen and oxygen atoms in total. The highest BCUT2D eigenvalue weighted by atomic mass is 15.2. The van der Waals surface area contributed by atoms with E-state index >= 15 is 0 Å². The molecule has 0 bridgehead atoms. The predicted octanol–water partition coefficient (Wildman–Crippen LogP) is -0.0702. The third kappa shape index (κ3) is 1.92. The van der Waals surface area contributed by atoms with Crippen LogP contribution in [0.4, 0.5) is 0 Å². The Bertz CT molecular complexity index is 131. The summed E-state index contributed by atoms with van der Waals surface area (Å²) in [6, 6.07) is 0. The standard InChI is InChI=1S/C7H15N3/c1-8-4-3-7-5-10(2)6-9-7/h5,8-9H,3-4,6H2,1-2H3. The molecule has 1 aliphatic rings. The SMILES string of the molecule is CNCCC1=CN(C)CN1. The molecule has 0 fully saturated rings. The highest BCUT2D eigenvalue weighted by Crippen LogP contribution is 2.03. The lowest BCUT2D eigenvalue weighted by atomic mass is 10.3. The molecule has 3 heteroatoms. The Morgan fingerprint density at radius 2 is 2.60 bits per heavy atom. The summed E-state index contributed by atoms with van der Waals surface area (Å²) in [5.41, 5.74) is 1.33. The van der Waals surface area contributed by atoms with E-state index < -0.39 is 0 Å². The second kappa shape index (κ2) is 3.46. The first-order chi connectivity index (χ1) is 4.83. The highest BCUT2D eigenvalue weighted by Gasteiger charge is 2.04. The van der Waals surface area contributed by atoms with E-state index in [1.165, 1.54) is 5.70 Å². The van der Waals surface area contributed by atoms with Crippen LogP contribution in [-0.2, 0) is 0 Å². The van der Waals surface area contributed by atoms with Crippen molar-refractivity contribution >= 4 is 0 Å². The van der Waals surface area contributed by atoms with Crippen LogP contribution in [0.15, 0.2) is 11.9 Å². The van der Waals surface area contributed by atoms with Gasteiger partial charge in [0.25, 0.3) is 0 Å². The van der Waals surface area contributed by atoms with E-state index in [2.05, 4.69) is 28.8 Å². The molecule has 1 aliphatic heterocycles. The van der Waals surface area contributed by atoms with E-state index in [4.69, 9.17) is 0 Å². The lowest BCUT2D eigenvalue weighted by Crippen LogP contribution is -2.18. The van der Waals surface area contributed by atoms with E-state index in [9.17, 15) is 0 Å². The normalized spacial score (nSPS) is 17.0. The molecular formula is C7H15N3. The van der Waals surface area contributed by atoms with Gasteiger partial charge in [0.1, 0.15) is 0 Å². The van der Waals surface area contributed by atoms with Gasteiger partial charge in [0, 0.05) is 31.9 Å². The Kier molecular flexibility index (Phi) is 2.57. The van der Waals surface area contributed by atoms with Crippen LogP contribution >= 0.6 is 0 Å². The minimum Gasteiger partial charge on any atom is -0.370 e. The second-order valence-corrected chi connectivity index (χ2v) is 2.60. The molecule has 0 spiro atoms. The molecule has 0 amide bonds. The first kappa shape index (κ1) is 7.41. The van der Waals surface area contributed by atoms with Gasteiger partial charge in [-0.3, -0.25) is 0 Å². The largest absolute Gasteiger partial charge is 0.370 e. The van der Waals surface area contributed by atoms with Gasteiger partial charge in [0.2, 0.25) is 0 Å². The molecule has 58 valence electrons. The molecule has 0 atom stereocenters. The Morgan fingerprint density at radius 1 is 1.80 bits per heavy atom. The van der Waals surface area contributed by atoms with Crippen molar-refractivity contribution in [2.75, 3.05) is 27.3 Å². The van der Waals surface area contributed by atoms with Crippen molar-refractivity contribution in [3.63, 3.8) is 0 Å². The first-order valence-electron chi connectivity index (χ1n) is 3.62. The molecule has 1 heterocycles. The molecular weight excluding hydrogens is 126 g/mol. The van der Waals surface area contributed by atoms with E-state index in [1.54, 1.807) is 0 Å². The fraction of sp³-hybridized carbons (Fsp3) is 0.714. The Balaban J connectivity index is 2.22. The average Bonchev–Trinajstić information content (AvgIpc) is 2.31. The van der Waals surface area contributed by atoms with Gasteiger partial charge in [-0.25, -0.2) is 0 Å². The van der Waals surface area contributed by atoms with Crippen LogP contribution in [0.25, 0.3) is 0 Å². The number of nitrogens with zero attached hydrogens (tertiary/aromatic N) is 1. The fourth-order valence-corrected chi connectivity index (χ4v) is 0.996. The molecule has 0 saturated carbocycles. The average molecular weight is 141 g/mol. The smallest absolute Gasteiger partial charge is 0.0866 e. The van der Waals surface area contributed by atoms with Gasteiger partial charge in [0.15, 0.2) is 0 Å². The minimum atomic E-state index is 0.957. The predicted molar refractivity (Wildman–Crippen MR) is 42.4 cm³/mol. The van der Waals surface area contributed by atoms with E-state index in [0.29, 0.717) is 0 Å². The second-order valence-electron chi connectivity index (χ2n) is 2.60. The zero-order valence-electron chi connectivity index (χ0n) is 6.65. The van der Waals surface area contributed by atoms with Gasteiger partial charge in [-0.2, -0.15) is 0 Å². The van der Waals surface area contributed by atoms with Crippen molar-refractivity contribution in [1.29, 1.82) is 0 Å². The summed E-state index contributed by atoms with van der Waals surface area (Å²) < 4.78 is 0. The summed E-state index contributed by atoms with van der Waals surface area (Å²) in [5, 5.41) is 6.40. The summed E-state index contributed by atoms with van der Waals surface area (Å²) in [7, 11) is 4.04. The maximum atomic E-state index is 3.29. The van der Waals surface area contributed by atoms with Crippen LogP contribution in [0.2, 0.25) is 0 Å². The minimum absolute atomic E-state index is 0.957. The van der Waals surface area contributed by atoms with Crippen molar-refractivity contribution in [2.45, 2.75) is 6.42 Å². The first-order valence-corrected chi connectivity index (χ1v) is 3.62. The van der Waals surface area contributed by atoms with Crippen LogP contribution in [0, 0.1) is 0 Å². The Labute approximate surface area is 62.1 Å². The van der Waals surface area contributed by atoms with Crippen LogP contribution < -0.4 is 10.6 Å². The quantitative estimate of drug-likeness (QED) is 0.576. The number of rotatable bonds is 3. The number of hydrogen-bond acceptors (Lipinski definition) is 3. The third-order valence-corrected chi connectivity index (χ3v) is 1.58. The molecule has 10 heavy (non-hydrogen) atoms. The number of hydrogen-bond donors (Lipinski definition) is 2. The van der Waals surface area contributed by atoms with Crippen molar-refractivity contribution < 1.29 is 0 Å². The third-order valence-electron chi connectivity index (χ3n) is 1.58. The summed E-state index contributed by atoms with van der Waals surface area (Å²) in [5.74, 6) is 0. The van der Waals surface area contributed by atoms with Gasteiger partial charge in [-0.05, 0) is 7.05 Å². The van der Waals surface area contributed by atoms with Gasteiger partial charge < -0.3 is 15.5 Å². The molecule has 0 aromatic heterocycles. The zero-order chi connectivity index (χ0) is 7.40. The van der Waals surface area contributed by atoms with E-state index in [-0.39, 0.29) is 0 Å². The van der Waals surface area contributed by atoms with Crippen LogP contribution in [0.5, 0.6) is 0 Å². The monoisotopic (exact) mass is 141 g/mol. The molecule has 0 aromatic rings. The Hall–Kier alpha value is -0.700. The summed E-state index contributed by atoms with van der Waals surface area (Å²) in [4.78, 5) is 2.14. The highest BCUT2D eigenvalue weighted by molar-refractivity contribution is 5.03. The van der Waals surface area contributed by atoms with Crippen LogP contribution in [0.1, 0.15) is 6.42 Å². The van der Waals surface area contributed by atoms with E-state index in [1.807, 2.05) is 7.05 Å². The van der Waals surface area contributed by atoms with Gasteiger partial charge in [0.05, 0.1) is 6.67 Å². The molecule has 0 unspecified atom stereocenters. The summed E-state index contributed by atoms with van der Waals surface area (Å²) in [6.07, 6.45) is 3.25. The van der Waals surface area contributed by atoms with Gasteiger partial charge >= 0.3 is 0 Å². The fourth-order valence-electron chi connectivity index (χ4n) is 0.996. The maximum absolute atomic E-state index is 3.29. The lowest BCUT2D eigenvalue weighted by molar-refractivity contribution is 0.472. The molecule has 0 radical (unpaired) electrons. The molecule has 1 rings (SSSR count). The van der Waals surface area contributed by atoms with Crippen molar-refractivity contribution in [2.24, 2.45) is 0 Å². The summed E-state index contributed by atoms with van der Waals surface area (Å²) >= 11 is 0. The van der Waals surface area contributed by atoms with Crippen molar-refractivity contribution in [3.8, 4) is 0 Å². The number of nitrogens with one attached hydrogen (secondary N) is 2. The Morgan fingerprint density at radius 3 is 3.10 bits per heavy atom. The molecule has 0 aliphatic carbocycles. The summed E-state index contributed by atoms with van der Waals surface area (Å²) in [6.45, 7) is 2.01. The molecule has 2 N–H and O–H groups in total. The van der Waals surface area contributed by atoms with Gasteiger partial charge in [-0.1, -0.05) is 0 Å². The topological polar surface area (TPSA) is 27.3 Å². The van der Waals surface area contributed by atoms with Gasteiger partial charge in [-0.15, -0.1) is 0 Å². The maximum Gasteiger partial charge on any atom is 0.0866 e.